The molecule has 1 aromatic heterocycles. The number of thiazole rings is 1. The molecule has 0 aliphatic heterocycles. The number of aromatic nitrogens is 1. The molecular weight excluding hydrogens is 283 g/mol. The van der Waals surface area contributed by atoms with Crippen LogP contribution < -0.4 is 5.32 Å². The number of nitrogens with zero attached hydrogens (tertiary/aromatic N) is 1. The number of benzene rings is 1. The topological polar surface area (TPSA) is 24.9 Å². The van der Waals surface area contributed by atoms with E-state index in [0.717, 1.165) is 28.2 Å². The third-order valence-corrected chi connectivity index (χ3v) is 4.54. The molecule has 0 spiro atoms. The first-order valence-corrected chi connectivity index (χ1v) is 8.07. The molecule has 2 aromatic rings. The first-order chi connectivity index (χ1) is 9.81. The number of hydrogen-bond donors (Lipinski definition) is 1. The highest BCUT2D eigenvalue weighted by Gasteiger charge is 2.20. The van der Waals surface area contributed by atoms with Crippen LogP contribution in [0.25, 0.3) is 0 Å². The molecule has 2 nitrogen and oxygen atoms in total. The Balaban J connectivity index is 2.23. The summed E-state index contributed by atoms with van der Waals surface area (Å²) in [6, 6.07) is 5.04. The largest absolute Gasteiger partial charge is 0.313 e. The highest BCUT2D eigenvalue weighted by Crippen LogP contribution is 2.28. The Morgan fingerprint density at radius 1 is 1.33 bits per heavy atom. The van der Waals surface area contributed by atoms with Crippen molar-refractivity contribution in [3.05, 3.63) is 51.2 Å². The molecule has 0 aliphatic rings. The molecule has 1 atom stereocenters. The third kappa shape index (κ3) is 3.89. The lowest BCUT2D eigenvalue weighted by Gasteiger charge is -2.18. The molecule has 1 aromatic carbocycles. The van der Waals surface area contributed by atoms with Gasteiger partial charge in [-0.2, -0.15) is 0 Å². The number of hydrogen-bond acceptors (Lipinski definition) is 3. The normalized spacial score (nSPS) is 13.4. The number of aryl methyl sites for hydroxylation is 1. The van der Waals surface area contributed by atoms with Crippen molar-refractivity contribution in [3.8, 4) is 0 Å². The lowest BCUT2D eigenvalue weighted by molar-refractivity contribution is 0.555. The van der Waals surface area contributed by atoms with Crippen molar-refractivity contribution in [2.75, 3.05) is 7.05 Å². The van der Waals surface area contributed by atoms with Gasteiger partial charge in [0.15, 0.2) is 0 Å². The number of halogens is 1. The molecule has 0 saturated carbocycles. The van der Waals surface area contributed by atoms with Gasteiger partial charge in [0.05, 0.1) is 10.7 Å². The number of rotatable bonds is 4. The lowest BCUT2D eigenvalue weighted by Crippen LogP contribution is -2.20. The molecule has 0 fully saturated rings. The fraction of sp³-hybridized carbons (Fsp3) is 0.471. The van der Waals surface area contributed by atoms with Crippen LogP contribution in [0.1, 0.15) is 48.6 Å². The summed E-state index contributed by atoms with van der Waals surface area (Å²) in [7, 11) is 1.91. The Kier molecular flexibility index (Phi) is 4.79. The van der Waals surface area contributed by atoms with Crippen molar-refractivity contribution in [2.45, 2.75) is 45.6 Å². The molecule has 4 heteroatoms. The van der Waals surface area contributed by atoms with Crippen molar-refractivity contribution in [1.82, 2.24) is 10.3 Å². The summed E-state index contributed by atoms with van der Waals surface area (Å²) in [5, 5.41) is 6.49. The first kappa shape index (κ1) is 16.1. The van der Waals surface area contributed by atoms with Gasteiger partial charge in [-0.05, 0) is 37.2 Å². The highest BCUT2D eigenvalue weighted by atomic mass is 32.1. The van der Waals surface area contributed by atoms with Crippen molar-refractivity contribution >= 4 is 11.3 Å². The van der Waals surface area contributed by atoms with Crippen molar-refractivity contribution < 1.29 is 4.39 Å². The average molecular weight is 306 g/mol. The molecule has 0 bridgehead atoms. The zero-order valence-electron chi connectivity index (χ0n) is 13.3. The second-order valence-electron chi connectivity index (χ2n) is 6.42. The van der Waals surface area contributed by atoms with E-state index >= 15 is 0 Å². The summed E-state index contributed by atoms with van der Waals surface area (Å²) in [6.07, 6.45) is 0.779. The van der Waals surface area contributed by atoms with Gasteiger partial charge in [-0.3, -0.25) is 0 Å². The van der Waals surface area contributed by atoms with Crippen molar-refractivity contribution in [2.24, 2.45) is 0 Å². The Labute approximate surface area is 130 Å². The van der Waals surface area contributed by atoms with Gasteiger partial charge in [0.25, 0.3) is 0 Å². The Hall–Kier alpha value is -1.26. The van der Waals surface area contributed by atoms with E-state index in [0.29, 0.717) is 0 Å². The van der Waals surface area contributed by atoms with Gasteiger partial charge in [-0.1, -0.05) is 26.8 Å². The lowest BCUT2D eigenvalue weighted by atomic mass is 9.93. The monoisotopic (exact) mass is 306 g/mol. The molecule has 0 aliphatic carbocycles. The summed E-state index contributed by atoms with van der Waals surface area (Å²) in [5.41, 5.74) is 3.29. The Morgan fingerprint density at radius 3 is 2.62 bits per heavy atom. The summed E-state index contributed by atoms with van der Waals surface area (Å²) >= 11 is 1.68. The first-order valence-electron chi connectivity index (χ1n) is 7.19. The van der Waals surface area contributed by atoms with Crippen LogP contribution in [0.15, 0.2) is 23.6 Å². The highest BCUT2D eigenvalue weighted by molar-refractivity contribution is 7.09. The van der Waals surface area contributed by atoms with Crippen LogP contribution in [0.4, 0.5) is 4.39 Å². The van der Waals surface area contributed by atoms with E-state index in [1.165, 1.54) is 6.07 Å². The zero-order valence-corrected chi connectivity index (χ0v) is 14.1. The van der Waals surface area contributed by atoms with E-state index in [4.69, 9.17) is 4.98 Å². The van der Waals surface area contributed by atoms with Crippen LogP contribution >= 0.6 is 11.3 Å². The number of likely N-dealkylation sites (N-methyl/N-ethyl adjacent to an activating group) is 1. The Bertz CT molecular complexity index is 613. The minimum atomic E-state index is -0.189. The molecule has 1 N–H and O–H groups in total. The molecule has 1 heterocycles. The molecule has 114 valence electrons. The van der Waals surface area contributed by atoms with Crippen LogP contribution in [0, 0.1) is 12.7 Å². The van der Waals surface area contributed by atoms with Gasteiger partial charge in [-0.15, -0.1) is 11.3 Å². The molecule has 0 saturated heterocycles. The van der Waals surface area contributed by atoms with Gasteiger partial charge in [0.1, 0.15) is 5.82 Å². The summed E-state index contributed by atoms with van der Waals surface area (Å²) in [6.45, 7) is 8.51. The third-order valence-electron chi connectivity index (χ3n) is 3.66. The quantitative estimate of drug-likeness (QED) is 0.906. The van der Waals surface area contributed by atoms with Gasteiger partial charge in [0.2, 0.25) is 0 Å². The maximum Gasteiger partial charge on any atom is 0.123 e. The summed E-state index contributed by atoms with van der Waals surface area (Å²) < 4.78 is 13.5. The SMILES string of the molecule is CNC(Cc1nc(C(C)(C)C)cs1)c1cc(F)ccc1C. The maximum atomic E-state index is 13.5. The van der Waals surface area contributed by atoms with Gasteiger partial charge in [-0.25, -0.2) is 9.37 Å². The fourth-order valence-electron chi connectivity index (χ4n) is 2.28. The van der Waals surface area contributed by atoms with Crippen LogP contribution in [0.3, 0.4) is 0 Å². The van der Waals surface area contributed by atoms with Crippen LogP contribution in [-0.2, 0) is 11.8 Å². The van der Waals surface area contributed by atoms with Crippen molar-refractivity contribution in [3.63, 3.8) is 0 Å². The molecule has 1 unspecified atom stereocenters. The van der Waals surface area contributed by atoms with Crippen LogP contribution in [-0.4, -0.2) is 12.0 Å². The van der Waals surface area contributed by atoms with Gasteiger partial charge >= 0.3 is 0 Å². The molecule has 0 amide bonds. The molecular formula is C17H23FN2S. The average Bonchev–Trinajstić information content (AvgIpc) is 2.87. The predicted octanol–water partition coefficient (Wildman–Crippen LogP) is 4.39. The van der Waals surface area contributed by atoms with E-state index < -0.39 is 0 Å². The summed E-state index contributed by atoms with van der Waals surface area (Å²) in [4.78, 5) is 4.73. The fourth-order valence-corrected chi connectivity index (χ4v) is 3.35. The van der Waals surface area contributed by atoms with E-state index in [9.17, 15) is 4.39 Å². The minimum absolute atomic E-state index is 0.0681. The van der Waals surface area contributed by atoms with E-state index in [1.807, 2.05) is 20.0 Å². The van der Waals surface area contributed by atoms with E-state index in [-0.39, 0.29) is 17.3 Å². The van der Waals surface area contributed by atoms with Crippen LogP contribution in [0.2, 0.25) is 0 Å². The summed E-state index contributed by atoms with van der Waals surface area (Å²) in [5.74, 6) is -0.189. The molecule has 0 radical (unpaired) electrons. The number of nitrogens with one attached hydrogen (secondary N) is 1. The van der Waals surface area contributed by atoms with Crippen molar-refractivity contribution in [1.29, 1.82) is 0 Å². The molecule has 2 rings (SSSR count). The van der Waals surface area contributed by atoms with Gasteiger partial charge in [0, 0.05) is 23.3 Å². The van der Waals surface area contributed by atoms with Crippen LogP contribution in [0.5, 0.6) is 0 Å². The second-order valence-corrected chi connectivity index (χ2v) is 7.37. The standard InChI is InChI=1S/C17H23FN2S/c1-11-6-7-12(18)8-13(11)14(19-5)9-16-20-15(10-21-16)17(2,3)4/h6-8,10,14,19H,9H2,1-5H3. The smallest absolute Gasteiger partial charge is 0.123 e. The van der Waals surface area contributed by atoms with E-state index in [2.05, 4.69) is 31.5 Å². The second kappa shape index (κ2) is 6.24. The Morgan fingerprint density at radius 2 is 2.05 bits per heavy atom. The minimum Gasteiger partial charge on any atom is -0.313 e. The predicted molar refractivity (Wildman–Crippen MR) is 87.5 cm³/mol. The van der Waals surface area contributed by atoms with E-state index in [1.54, 1.807) is 17.4 Å². The molecule has 21 heavy (non-hydrogen) atoms. The zero-order chi connectivity index (χ0) is 15.6. The van der Waals surface area contributed by atoms with Gasteiger partial charge < -0.3 is 5.32 Å². The maximum absolute atomic E-state index is 13.5.